The smallest absolute Gasteiger partial charge is 0.358 e. The van der Waals surface area contributed by atoms with Crippen molar-refractivity contribution in [2.45, 2.75) is 31.8 Å². The van der Waals surface area contributed by atoms with Crippen LogP contribution in [-0.2, 0) is 4.74 Å². The van der Waals surface area contributed by atoms with Gasteiger partial charge in [-0.25, -0.2) is 9.78 Å². The monoisotopic (exact) mass is 222 g/mol. The van der Waals surface area contributed by atoms with Crippen molar-refractivity contribution in [3.05, 3.63) is 18.1 Å². The molecule has 1 aliphatic rings. The van der Waals surface area contributed by atoms with Gasteiger partial charge < -0.3 is 9.47 Å². The minimum atomic E-state index is -0.496. The normalized spacial score (nSPS) is 16.1. The topological polar surface area (TPSA) is 61.3 Å². The van der Waals surface area contributed by atoms with Gasteiger partial charge in [-0.05, 0) is 25.7 Å². The average molecular weight is 222 g/mol. The SMILES string of the molecule is COC(=O)c1cncc(OC2CCCC2)n1. The molecule has 1 fully saturated rings. The minimum Gasteiger partial charge on any atom is -0.473 e. The molecule has 5 heteroatoms. The van der Waals surface area contributed by atoms with Gasteiger partial charge in [-0.2, -0.15) is 0 Å². The minimum absolute atomic E-state index is 0.179. The first kappa shape index (κ1) is 10.9. The van der Waals surface area contributed by atoms with E-state index < -0.39 is 5.97 Å². The Morgan fingerprint density at radius 1 is 1.38 bits per heavy atom. The summed E-state index contributed by atoms with van der Waals surface area (Å²) in [4.78, 5) is 19.2. The number of aromatic nitrogens is 2. The summed E-state index contributed by atoms with van der Waals surface area (Å²) in [6.07, 6.45) is 7.57. The molecule has 0 spiro atoms. The average Bonchev–Trinajstić information content (AvgIpc) is 2.81. The van der Waals surface area contributed by atoms with Gasteiger partial charge in [0.15, 0.2) is 5.69 Å². The molecular weight excluding hydrogens is 208 g/mol. The molecule has 1 aliphatic carbocycles. The van der Waals surface area contributed by atoms with Crippen LogP contribution in [0.2, 0.25) is 0 Å². The number of nitrogens with zero attached hydrogens (tertiary/aromatic N) is 2. The van der Waals surface area contributed by atoms with Crippen molar-refractivity contribution >= 4 is 5.97 Å². The first-order chi connectivity index (χ1) is 7.79. The molecule has 5 nitrogen and oxygen atoms in total. The fourth-order valence-corrected chi connectivity index (χ4v) is 1.78. The van der Waals surface area contributed by atoms with Gasteiger partial charge in [-0.15, -0.1) is 0 Å². The van der Waals surface area contributed by atoms with Crippen molar-refractivity contribution in [2.24, 2.45) is 0 Å². The molecule has 0 unspecified atom stereocenters. The zero-order valence-electron chi connectivity index (χ0n) is 9.18. The summed E-state index contributed by atoms with van der Waals surface area (Å²) in [5.74, 6) is -0.0980. The van der Waals surface area contributed by atoms with Gasteiger partial charge in [-0.3, -0.25) is 4.98 Å². The van der Waals surface area contributed by atoms with Crippen molar-refractivity contribution in [3.8, 4) is 5.88 Å². The van der Waals surface area contributed by atoms with Gasteiger partial charge in [0.2, 0.25) is 5.88 Å². The van der Waals surface area contributed by atoms with Crippen LogP contribution in [0.3, 0.4) is 0 Å². The van der Waals surface area contributed by atoms with Crippen LogP contribution in [0.4, 0.5) is 0 Å². The van der Waals surface area contributed by atoms with E-state index in [0.29, 0.717) is 5.88 Å². The molecule has 1 aromatic rings. The zero-order chi connectivity index (χ0) is 11.4. The van der Waals surface area contributed by atoms with Gasteiger partial charge in [0, 0.05) is 0 Å². The molecule has 0 radical (unpaired) electrons. The van der Waals surface area contributed by atoms with E-state index in [4.69, 9.17) is 4.74 Å². The largest absolute Gasteiger partial charge is 0.473 e. The lowest BCUT2D eigenvalue weighted by Gasteiger charge is -2.11. The van der Waals surface area contributed by atoms with Gasteiger partial charge in [0.25, 0.3) is 0 Å². The Bertz CT molecular complexity index is 375. The van der Waals surface area contributed by atoms with Crippen molar-refractivity contribution < 1.29 is 14.3 Å². The van der Waals surface area contributed by atoms with Crippen molar-refractivity contribution in [3.63, 3.8) is 0 Å². The van der Waals surface area contributed by atoms with Crippen LogP contribution in [0, 0.1) is 0 Å². The first-order valence-corrected chi connectivity index (χ1v) is 5.36. The first-order valence-electron chi connectivity index (χ1n) is 5.36. The molecule has 0 bridgehead atoms. The Morgan fingerprint density at radius 2 is 2.12 bits per heavy atom. The second kappa shape index (κ2) is 4.92. The predicted octanol–water partition coefficient (Wildman–Crippen LogP) is 1.58. The molecule has 0 amide bonds. The van der Waals surface area contributed by atoms with E-state index in [1.807, 2.05) is 0 Å². The van der Waals surface area contributed by atoms with E-state index >= 15 is 0 Å². The summed E-state index contributed by atoms with van der Waals surface area (Å²) in [5.41, 5.74) is 0.179. The quantitative estimate of drug-likeness (QED) is 0.727. The van der Waals surface area contributed by atoms with E-state index in [0.717, 1.165) is 12.8 Å². The van der Waals surface area contributed by atoms with E-state index in [1.54, 1.807) is 0 Å². The second-order valence-electron chi connectivity index (χ2n) is 3.76. The fraction of sp³-hybridized carbons (Fsp3) is 0.545. The Labute approximate surface area is 93.8 Å². The third-order valence-corrected chi connectivity index (χ3v) is 2.60. The highest BCUT2D eigenvalue weighted by atomic mass is 16.5. The zero-order valence-corrected chi connectivity index (χ0v) is 9.18. The predicted molar refractivity (Wildman–Crippen MR) is 56.3 cm³/mol. The van der Waals surface area contributed by atoms with Crippen LogP contribution in [-0.4, -0.2) is 29.2 Å². The maximum atomic E-state index is 11.2. The van der Waals surface area contributed by atoms with Crippen LogP contribution < -0.4 is 4.74 Å². The maximum Gasteiger partial charge on any atom is 0.358 e. The summed E-state index contributed by atoms with van der Waals surface area (Å²) < 4.78 is 10.2. The Morgan fingerprint density at radius 3 is 2.81 bits per heavy atom. The summed E-state index contributed by atoms with van der Waals surface area (Å²) in [7, 11) is 1.31. The van der Waals surface area contributed by atoms with Crippen LogP contribution in [0.1, 0.15) is 36.2 Å². The number of rotatable bonds is 3. The molecule has 2 rings (SSSR count). The standard InChI is InChI=1S/C11H14N2O3/c1-15-11(14)9-6-12-7-10(13-9)16-8-4-2-3-5-8/h6-8H,2-5H2,1H3. The lowest BCUT2D eigenvalue weighted by molar-refractivity contribution is 0.0591. The molecular formula is C11H14N2O3. The molecule has 1 saturated carbocycles. The molecule has 16 heavy (non-hydrogen) atoms. The summed E-state index contributed by atoms with van der Waals surface area (Å²) >= 11 is 0. The Kier molecular flexibility index (Phi) is 3.34. The molecule has 0 atom stereocenters. The number of carbonyl (C=O) groups is 1. The number of esters is 1. The number of hydrogen-bond acceptors (Lipinski definition) is 5. The van der Waals surface area contributed by atoms with Gasteiger partial charge in [-0.1, -0.05) is 0 Å². The van der Waals surface area contributed by atoms with E-state index in [2.05, 4.69) is 14.7 Å². The van der Waals surface area contributed by atoms with Gasteiger partial charge in [0.1, 0.15) is 6.10 Å². The number of ether oxygens (including phenoxy) is 2. The molecule has 0 aromatic carbocycles. The Balaban J connectivity index is 2.06. The van der Waals surface area contributed by atoms with E-state index in [-0.39, 0.29) is 11.8 Å². The molecule has 0 N–H and O–H groups in total. The molecule has 1 aromatic heterocycles. The van der Waals surface area contributed by atoms with Gasteiger partial charge in [0.05, 0.1) is 19.5 Å². The second-order valence-corrected chi connectivity index (χ2v) is 3.76. The van der Waals surface area contributed by atoms with E-state index in [9.17, 15) is 4.79 Å². The fourth-order valence-electron chi connectivity index (χ4n) is 1.78. The van der Waals surface area contributed by atoms with Crippen LogP contribution in [0.15, 0.2) is 12.4 Å². The van der Waals surface area contributed by atoms with Gasteiger partial charge >= 0.3 is 5.97 Å². The van der Waals surface area contributed by atoms with Crippen molar-refractivity contribution in [1.82, 2.24) is 9.97 Å². The third-order valence-electron chi connectivity index (χ3n) is 2.60. The Hall–Kier alpha value is -1.65. The molecule has 0 saturated heterocycles. The maximum absolute atomic E-state index is 11.2. The third kappa shape index (κ3) is 2.48. The van der Waals surface area contributed by atoms with Crippen molar-refractivity contribution in [1.29, 1.82) is 0 Å². The highest BCUT2D eigenvalue weighted by molar-refractivity contribution is 5.86. The van der Waals surface area contributed by atoms with Crippen LogP contribution in [0.5, 0.6) is 5.88 Å². The van der Waals surface area contributed by atoms with Crippen LogP contribution >= 0.6 is 0 Å². The summed E-state index contributed by atoms with van der Waals surface area (Å²) in [6.45, 7) is 0. The highest BCUT2D eigenvalue weighted by Gasteiger charge is 2.18. The van der Waals surface area contributed by atoms with Crippen molar-refractivity contribution in [2.75, 3.05) is 7.11 Å². The highest BCUT2D eigenvalue weighted by Crippen LogP contribution is 2.22. The summed E-state index contributed by atoms with van der Waals surface area (Å²) in [6, 6.07) is 0. The molecule has 0 aliphatic heterocycles. The lowest BCUT2D eigenvalue weighted by Crippen LogP contribution is -2.13. The summed E-state index contributed by atoms with van der Waals surface area (Å²) in [5, 5.41) is 0. The number of carbonyl (C=O) groups excluding carboxylic acids is 1. The number of methoxy groups -OCH3 is 1. The lowest BCUT2D eigenvalue weighted by atomic mass is 10.3. The molecule has 86 valence electrons. The molecule has 1 heterocycles. The van der Waals surface area contributed by atoms with E-state index in [1.165, 1.54) is 32.3 Å². The van der Waals surface area contributed by atoms with Crippen LogP contribution in [0.25, 0.3) is 0 Å². The number of hydrogen-bond donors (Lipinski definition) is 0.